The number of amides is 1. The average Bonchev–Trinajstić information content (AvgIpc) is 3.24. The lowest BCUT2D eigenvalue weighted by Gasteiger charge is -2.28. The first-order valence-electron chi connectivity index (χ1n) is 8.10. The van der Waals surface area contributed by atoms with Crippen molar-refractivity contribution in [2.45, 2.75) is 25.4 Å². The Morgan fingerprint density at radius 1 is 1.42 bits per heavy atom. The number of methoxy groups -OCH3 is 1. The van der Waals surface area contributed by atoms with Gasteiger partial charge in [-0.1, -0.05) is 18.2 Å². The molecule has 1 atom stereocenters. The van der Waals surface area contributed by atoms with Gasteiger partial charge in [0.15, 0.2) is 0 Å². The molecule has 0 saturated carbocycles. The summed E-state index contributed by atoms with van der Waals surface area (Å²) in [5.74, 6) is 0.935. The first-order valence-corrected chi connectivity index (χ1v) is 8.10. The lowest BCUT2D eigenvalue weighted by molar-refractivity contribution is -0.131. The predicted octanol–water partition coefficient (Wildman–Crippen LogP) is 1.96. The Kier molecular flexibility index (Phi) is 4.85. The number of nitrogens with zero attached hydrogens (tertiary/aromatic N) is 2. The van der Waals surface area contributed by atoms with Crippen molar-refractivity contribution in [3.63, 3.8) is 0 Å². The number of ether oxygens (including phenoxy) is 2. The fourth-order valence-electron chi connectivity index (χ4n) is 2.98. The number of H-pyrrole nitrogens is 1. The lowest BCUT2D eigenvalue weighted by Crippen LogP contribution is -2.42. The summed E-state index contributed by atoms with van der Waals surface area (Å²) in [5, 5.41) is 0. The van der Waals surface area contributed by atoms with Crippen molar-refractivity contribution in [2.24, 2.45) is 0 Å². The van der Waals surface area contributed by atoms with E-state index >= 15 is 0 Å². The van der Waals surface area contributed by atoms with Crippen LogP contribution < -0.4 is 4.74 Å². The van der Waals surface area contributed by atoms with Crippen LogP contribution in [0.25, 0.3) is 0 Å². The number of aromatic nitrogens is 2. The molecule has 6 heteroatoms. The number of hydrogen-bond acceptors (Lipinski definition) is 4. The van der Waals surface area contributed by atoms with Crippen molar-refractivity contribution in [1.82, 2.24) is 14.9 Å². The van der Waals surface area contributed by atoms with E-state index in [1.165, 1.54) is 0 Å². The molecule has 1 N–H and O–H groups in total. The van der Waals surface area contributed by atoms with Crippen molar-refractivity contribution < 1.29 is 14.3 Å². The van der Waals surface area contributed by atoms with Crippen LogP contribution in [-0.4, -0.2) is 53.2 Å². The van der Waals surface area contributed by atoms with Crippen LogP contribution in [0.2, 0.25) is 0 Å². The number of rotatable bonds is 6. The number of imidazole rings is 1. The van der Waals surface area contributed by atoms with Crippen molar-refractivity contribution >= 4 is 5.91 Å². The molecular weight excluding hydrogens is 306 g/mol. The molecule has 2 heterocycles. The van der Waals surface area contributed by atoms with Gasteiger partial charge in [-0.15, -0.1) is 0 Å². The van der Waals surface area contributed by atoms with Gasteiger partial charge in [-0.2, -0.15) is 0 Å². The summed E-state index contributed by atoms with van der Waals surface area (Å²) in [6, 6.07) is 7.91. The Bertz CT molecular complexity index is 687. The lowest BCUT2D eigenvalue weighted by atomic mass is 10.0. The maximum Gasteiger partial charge on any atom is 0.228 e. The monoisotopic (exact) mass is 329 g/mol. The summed E-state index contributed by atoms with van der Waals surface area (Å²) in [4.78, 5) is 21.2. The molecule has 128 valence electrons. The number of nitrogens with one attached hydrogen (secondary N) is 1. The van der Waals surface area contributed by atoms with E-state index < -0.39 is 5.60 Å². The maximum absolute atomic E-state index is 12.4. The molecule has 0 aliphatic carbocycles. The highest BCUT2D eigenvalue weighted by atomic mass is 16.5. The van der Waals surface area contributed by atoms with Crippen LogP contribution in [0.4, 0.5) is 0 Å². The minimum absolute atomic E-state index is 0.0778. The Hall–Kier alpha value is -2.34. The van der Waals surface area contributed by atoms with Crippen molar-refractivity contribution in [2.75, 3.05) is 26.8 Å². The standard InChI is InChI=1S/C18H23N3O3/c1-14-5-3-4-6-16(14)24-12-18(23-2)7-8-21(11-18)17(22)9-15-10-19-13-20-15/h3-6,10,13H,7-9,11-12H2,1-2H3,(H,19,20)/t18-/m0/s1. The van der Waals surface area contributed by atoms with Crippen LogP contribution in [0.1, 0.15) is 17.7 Å². The number of likely N-dealkylation sites (tertiary alicyclic amines) is 1. The highest BCUT2D eigenvalue weighted by molar-refractivity contribution is 5.78. The topological polar surface area (TPSA) is 67.5 Å². The van der Waals surface area contributed by atoms with Gasteiger partial charge in [-0.25, -0.2) is 4.98 Å². The third-order valence-electron chi connectivity index (χ3n) is 4.58. The fraction of sp³-hybridized carbons (Fsp3) is 0.444. The van der Waals surface area contributed by atoms with Crippen LogP contribution in [0, 0.1) is 6.92 Å². The molecule has 3 rings (SSSR count). The minimum Gasteiger partial charge on any atom is -0.490 e. The molecule has 1 aliphatic heterocycles. The molecule has 0 unspecified atom stereocenters. The summed E-state index contributed by atoms with van der Waals surface area (Å²) in [6.07, 6.45) is 4.36. The quantitative estimate of drug-likeness (QED) is 0.880. The normalized spacial score (nSPS) is 20.3. The Balaban J connectivity index is 1.60. The third-order valence-corrected chi connectivity index (χ3v) is 4.58. The number of hydrogen-bond donors (Lipinski definition) is 1. The number of benzene rings is 1. The van der Waals surface area contributed by atoms with Crippen molar-refractivity contribution in [1.29, 1.82) is 0 Å². The van der Waals surface area contributed by atoms with E-state index in [9.17, 15) is 4.79 Å². The maximum atomic E-state index is 12.4. The van der Waals surface area contributed by atoms with E-state index in [1.54, 1.807) is 19.6 Å². The summed E-state index contributed by atoms with van der Waals surface area (Å²) in [6.45, 7) is 3.67. The van der Waals surface area contributed by atoms with Crippen LogP contribution in [-0.2, 0) is 16.0 Å². The zero-order chi connectivity index (χ0) is 17.0. The zero-order valence-electron chi connectivity index (χ0n) is 14.1. The van der Waals surface area contributed by atoms with Gasteiger partial charge in [0, 0.05) is 25.5 Å². The molecular formula is C18H23N3O3. The first kappa shape index (κ1) is 16.5. The van der Waals surface area contributed by atoms with Gasteiger partial charge < -0.3 is 19.4 Å². The van der Waals surface area contributed by atoms with Crippen LogP contribution >= 0.6 is 0 Å². The molecule has 24 heavy (non-hydrogen) atoms. The molecule has 1 amide bonds. The molecule has 1 fully saturated rings. The van der Waals surface area contributed by atoms with Gasteiger partial charge in [0.2, 0.25) is 5.91 Å². The molecule has 1 aromatic carbocycles. The molecule has 0 radical (unpaired) electrons. The van der Waals surface area contributed by atoms with E-state index in [-0.39, 0.29) is 5.91 Å². The van der Waals surface area contributed by atoms with Crippen LogP contribution in [0.3, 0.4) is 0 Å². The van der Waals surface area contributed by atoms with Crippen LogP contribution in [0.5, 0.6) is 5.75 Å². The Labute approximate surface area is 141 Å². The largest absolute Gasteiger partial charge is 0.490 e. The highest BCUT2D eigenvalue weighted by Gasteiger charge is 2.41. The third kappa shape index (κ3) is 3.59. The minimum atomic E-state index is -0.452. The first-order chi connectivity index (χ1) is 11.6. The van der Waals surface area contributed by atoms with Gasteiger partial charge in [0.05, 0.1) is 19.3 Å². The number of carbonyl (C=O) groups is 1. The second-order valence-corrected chi connectivity index (χ2v) is 6.26. The zero-order valence-corrected chi connectivity index (χ0v) is 14.1. The number of carbonyl (C=O) groups excluding carboxylic acids is 1. The van der Waals surface area contributed by atoms with Gasteiger partial charge >= 0.3 is 0 Å². The summed E-state index contributed by atoms with van der Waals surface area (Å²) >= 11 is 0. The van der Waals surface area contributed by atoms with Gasteiger partial charge in [0.25, 0.3) is 0 Å². The van der Waals surface area contributed by atoms with E-state index in [1.807, 2.05) is 36.1 Å². The molecule has 2 aromatic rings. The average molecular weight is 329 g/mol. The van der Waals surface area contributed by atoms with Gasteiger partial charge in [0.1, 0.15) is 18.0 Å². The predicted molar refractivity (Wildman–Crippen MR) is 89.9 cm³/mol. The Morgan fingerprint density at radius 2 is 2.25 bits per heavy atom. The van der Waals surface area contributed by atoms with E-state index in [4.69, 9.17) is 9.47 Å². The molecule has 6 nitrogen and oxygen atoms in total. The summed E-state index contributed by atoms with van der Waals surface area (Å²) in [7, 11) is 1.68. The summed E-state index contributed by atoms with van der Waals surface area (Å²) < 4.78 is 11.7. The second kappa shape index (κ2) is 7.05. The molecule has 1 aromatic heterocycles. The summed E-state index contributed by atoms with van der Waals surface area (Å²) in [5.41, 5.74) is 1.46. The van der Waals surface area contributed by atoms with Gasteiger partial charge in [-0.05, 0) is 25.0 Å². The van der Waals surface area contributed by atoms with Gasteiger partial charge in [-0.3, -0.25) is 4.79 Å². The number of aryl methyl sites for hydroxylation is 1. The van der Waals surface area contributed by atoms with Crippen LogP contribution in [0.15, 0.2) is 36.8 Å². The molecule has 0 spiro atoms. The Morgan fingerprint density at radius 3 is 2.96 bits per heavy atom. The number of aromatic amines is 1. The number of para-hydroxylation sites is 1. The molecule has 1 saturated heterocycles. The molecule has 0 bridgehead atoms. The smallest absolute Gasteiger partial charge is 0.228 e. The van der Waals surface area contributed by atoms with E-state index in [2.05, 4.69) is 9.97 Å². The second-order valence-electron chi connectivity index (χ2n) is 6.26. The van der Waals surface area contributed by atoms with E-state index in [0.29, 0.717) is 26.1 Å². The van der Waals surface area contributed by atoms with E-state index in [0.717, 1.165) is 23.4 Å². The van der Waals surface area contributed by atoms with Crippen molar-refractivity contribution in [3.8, 4) is 5.75 Å². The fourth-order valence-corrected chi connectivity index (χ4v) is 2.98. The molecule has 1 aliphatic rings. The highest BCUT2D eigenvalue weighted by Crippen LogP contribution is 2.27. The SMILES string of the molecule is CO[C@@]1(COc2ccccc2C)CCN(C(=O)Cc2cnc[nH]2)C1. The van der Waals surface area contributed by atoms with Crippen molar-refractivity contribution in [3.05, 3.63) is 48.0 Å².